The van der Waals surface area contributed by atoms with Crippen molar-refractivity contribution in [3.63, 3.8) is 0 Å². The molecule has 0 spiro atoms. The number of aromatic nitrogens is 1. The van der Waals surface area contributed by atoms with Gasteiger partial charge in [-0.1, -0.05) is 19.3 Å². The van der Waals surface area contributed by atoms with Crippen molar-refractivity contribution in [2.24, 2.45) is 5.92 Å². The fourth-order valence-electron chi connectivity index (χ4n) is 3.65. The molecular formula is C18H25N3O3. The van der Waals surface area contributed by atoms with Crippen molar-refractivity contribution in [2.45, 2.75) is 38.5 Å². The summed E-state index contributed by atoms with van der Waals surface area (Å²) >= 11 is 0. The highest BCUT2D eigenvalue weighted by atomic mass is 16.2. The lowest BCUT2D eigenvalue weighted by atomic mass is 9.86. The fraction of sp³-hybridized carbons (Fsp3) is 0.611. The van der Waals surface area contributed by atoms with Crippen LogP contribution in [-0.4, -0.2) is 52.8 Å². The number of H-pyrrole nitrogens is 1. The first-order valence-electron chi connectivity index (χ1n) is 8.89. The number of nitrogens with zero attached hydrogens (tertiary/aromatic N) is 2. The number of carbonyl (C=O) groups excluding carboxylic acids is 2. The summed E-state index contributed by atoms with van der Waals surface area (Å²) in [7, 11) is 0. The first kappa shape index (κ1) is 16.7. The van der Waals surface area contributed by atoms with E-state index < -0.39 is 0 Å². The molecule has 2 heterocycles. The molecule has 0 unspecified atom stereocenters. The molecule has 3 rings (SSSR count). The zero-order chi connectivity index (χ0) is 16.9. The zero-order valence-electron chi connectivity index (χ0n) is 14.0. The summed E-state index contributed by atoms with van der Waals surface area (Å²) in [5.41, 5.74) is 0.265. The topological polar surface area (TPSA) is 73.5 Å². The normalized spacial score (nSPS) is 19.3. The van der Waals surface area contributed by atoms with E-state index in [1.54, 1.807) is 11.0 Å². The number of aromatic amines is 1. The third kappa shape index (κ3) is 4.04. The van der Waals surface area contributed by atoms with Gasteiger partial charge >= 0.3 is 0 Å². The van der Waals surface area contributed by atoms with E-state index in [1.165, 1.54) is 44.4 Å². The van der Waals surface area contributed by atoms with E-state index in [1.807, 2.05) is 4.90 Å². The average Bonchev–Trinajstić information content (AvgIpc) is 2.63. The summed E-state index contributed by atoms with van der Waals surface area (Å²) in [5, 5.41) is 0. The molecule has 2 aliphatic rings. The van der Waals surface area contributed by atoms with Crippen LogP contribution in [0.1, 0.15) is 48.9 Å². The van der Waals surface area contributed by atoms with Crippen molar-refractivity contribution >= 4 is 11.8 Å². The van der Waals surface area contributed by atoms with Crippen LogP contribution in [0.2, 0.25) is 0 Å². The van der Waals surface area contributed by atoms with E-state index in [9.17, 15) is 14.4 Å². The van der Waals surface area contributed by atoms with Crippen molar-refractivity contribution in [3.05, 3.63) is 34.2 Å². The van der Waals surface area contributed by atoms with Crippen molar-refractivity contribution in [2.75, 3.05) is 26.2 Å². The molecule has 1 aliphatic heterocycles. The molecule has 1 N–H and O–H groups in total. The highest BCUT2D eigenvalue weighted by molar-refractivity contribution is 5.94. The second-order valence-electron chi connectivity index (χ2n) is 6.82. The Bertz CT molecular complexity index is 621. The number of pyridine rings is 1. The van der Waals surface area contributed by atoms with Gasteiger partial charge in [-0.3, -0.25) is 14.4 Å². The van der Waals surface area contributed by atoms with Gasteiger partial charge in [0.15, 0.2) is 0 Å². The summed E-state index contributed by atoms with van der Waals surface area (Å²) in [6.07, 6.45) is 8.26. The van der Waals surface area contributed by atoms with E-state index in [0.717, 1.165) is 0 Å². The van der Waals surface area contributed by atoms with Gasteiger partial charge < -0.3 is 14.8 Å². The molecule has 2 fully saturated rings. The predicted molar refractivity (Wildman–Crippen MR) is 90.7 cm³/mol. The van der Waals surface area contributed by atoms with Gasteiger partial charge in [0, 0.05) is 44.9 Å². The molecule has 24 heavy (non-hydrogen) atoms. The zero-order valence-corrected chi connectivity index (χ0v) is 14.0. The number of rotatable bonds is 3. The number of amides is 2. The molecule has 1 saturated heterocycles. The molecule has 0 radical (unpaired) electrons. The number of carbonyl (C=O) groups is 2. The van der Waals surface area contributed by atoms with Crippen molar-refractivity contribution < 1.29 is 9.59 Å². The minimum Gasteiger partial charge on any atom is -0.339 e. The summed E-state index contributed by atoms with van der Waals surface area (Å²) < 4.78 is 0. The molecular weight excluding hydrogens is 306 g/mol. The monoisotopic (exact) mass is 331 g/mol. The first-order chi connectivity index (χ1) is 11.6. The Morgan fingerprint density at radius 1 is 1.00 bits per heavy atom. The van der Waals surface area contributed by atoms with Gasteiger partial charge in [0.2, 0.25) is 11.5 Å². The lowest BCUT2D eigenvalue weighted by Gasteiger charge is -2.35. The van der Waals surface area contributed by atoms with E-state index in [4.69, 9.17) is 0 Å². The van der Waals surface area contributed by atoms with Crippen LogP contribution in [0.5, 0.6) is 0 Å². The lowest BCUT2D eigenvalue weighted by Crippen LogP contribution is -2.51. The van der Waals surface area contributed by atoms with Crippen LogP contribution in [0.15, 0.2) is 23.1 Å². The smallest absolute Gasteiger partial charge is 0.255 e. The van der Waals surface area contributed by atoms with Gasteiger partial charge in [-0.05, 0) is 24.8 Å². The number of hydrogen-bond acceptors (Lipinski definition) is 3. The molecule has 0 aromatic carbocycles. The number of hydrogen-bond donors (Lipinski definition) is 1. The van der Waals surface area contributed by atoms with Crippen LogP contribution in [0.25, 0.3) is 0 Å². The summed E-state index contributed by atoms with van der Waals surface area (Å²) in [6, 6.07) is 2.90. The van der Waals surface area contributed by atoms with Crippen LogP contribution >= 0.6 is 0 Å². The highest BCUT2D eigenvalue weighted by Crippen LogP contribution is 2.27. The maximum absolute atomic E-state index is 12.4. The van der Waals surface area contributed by atoms with E-state index in [0.29, 0.717) is 44.1 Å². The summed E-state index contributed by atoms with van der Waals surface area (Å²) in [5.74, 6) is 0.690. The van der Waals surface area contributed by atoms with Crippen LogP contribution in [0, 0.1) is 5.92 Å². The third-order valence-electron chi connectivity index (χ3n) is 5.14. The largest absolute Gasteiger partial charge is 0.339 e. The lowest BCUT2D eigenvalue weighted by molar-refractivity contribution is -0.133. The van der Waals surface area contributed by atoms with Gasteiger partial charge in [-0.2, -0.15) is 0 Å². The highest BCUT2D eigenvalue weighted by Gasteiger charge is 2.26. The Kier molecular flexibility index (Phi) is 5.33. The minimum atomic E-state index is -0.218. The quantitative estimate of drug-likeness (QED) is 0.915. The summed E-state index contributed by atoms with van der Waals surface area (Å²) in [4.78, 5) is 42.1. The molecule has 130 valence electrons. The van der Waals surface area contributed by atoms with Gasteiger partial charge in [0.05, 0.1) is 5.56 Å². The second kappa shape index (κ2) is 7.64. The first-order valence-corrected chi connectivity index (χ1v) is 8.89. The molecule has 2 amide bonds. The third-order valence-corrected chi connectivity index (χ3v) is 5.14. The Morgan fingerprint density at radius 2 is 1.67 bits per heavy atom. The van der Waals surface area contributed by atoms with Crippen LogP contribution in [0.4, 0.5) is 0 Å². The predicted octanol–water partition coefficient (Wildman–Crippen LogP) is 1.63. The van der Waals surface area contributed by atoms with E-state index >= 15 is 0 Å². The number of nitrogens with one attached hydrogen (secondary N) is 1. The minimum absolute atomic E-state index is 0.0920. The Balaban J connectivity index is 1.49. The van der Waals surface area contributed by atoms with Gasteiger partial charge in [0.1, 0.15) is 0 Å². The van der Waals surface area contributed by atoms with Crippen molar-refractivity contribution in [1.29, 1.82) is 0 Å². The summed E-state index contributed by atoms with van der Waals surface area (Å²) in [6.45, 7) is 2.30. The van der Waals surface area contributed by atoms with E-state index in [-0.39, 0.29) is 17.4 Å². The van der Waals surface area contributed by atoms with E-state index in [2.05, 4.69) is 4.98 Å². The molecule has 1 aliphatic carbocycles. The van der Waals surface area contributed by atoms with Gasteiger partial charge in [0.25, 0.3) is 5.91 Å². The fourth-order valence-corrected chi connectivity index (χ4v) is 3.65. The Labute approximate surface area is 141 Å². The second-order valence-corrected chi connectivity index (χ2v) is 6.82. The van der Waals surface area contributed by atoms with Crippen LogP contribution in [0.3, 0.4) is 0 Å². The van der Waals surface area contributed by atoms with Crippen molar-refractivity contribution in [1.82, 2.24) is 14.8 Å². The van der Waals surface area contributed by atoms with Gasteiger partial charge in [-0.15, -0.1) is 0 Å². The molecule has 1 saturated carbocycles. The molecule has 0 bridgehead atoms. The molecule has 1 aromatic heterocycles. The SMILES string of the molecule is O=C(CC1CCCCC1)N1CCN(C(=O)c2ccc(=O)[nH]c2)CC1. The Morgan fingerprint density at radius 3 is 2.29 bits per heavy atom. The van der Waals surface area contributed by atoms with Gasteiger partial charge in [-0.25, -0.2) is 0 Å². The number of piperazine rings is 1. The standard InChI is InChI=1S/C18H25N3O3/c22-16-7-6-15(13-19-16)18(24)21-10-8-20(9-11-21)17(23)12-14-4-2-1-3-5-14/h6-7,13-14H,1-5,8-12H2,(H,19,22). The molecule has 1 aromatic rings. The Hall–Kier alpha value is -2.11. The maximum Gasteiger partial charge on any atom is 0.255 e. The maximum atomic E-state index is 12.4. The van der Waals surface area contributed by atoms with Crippen LogP contribution in [-0.2, 0) is 4.79 Å². The molecule has 0 atom stereocenters. The molecule has 6 heteroatoms. The molecule has 6 nitrogen and oxygen atoms in total. The average molecular weight is 331 g/mol. The van der Waals surface area contributed by atoms with Crippen molar-refractivity contribution in [3.8, 4) is 0 Å². The van der Waals surface area contributed by atoms with Crippen LogP contribution < -0.4 is 5.56 Å².